The largest absolute Gasteiger partial charge is 0.480 e. The van der Waals surface area contributed by atoms with E-state index in [1.54, 1.807) is 6.92 Å². The molecule has 0 amide bonds. The summed E-state index contributed by atoms with van der Waals surface area (Å²) in [6, 6.07) is 1.97. The zero-order valence-electron chi connectivity index (χ0n) is 13.6. The summed E-state index contributed by atoms with van der Waals surface area (Å²) in [6.45, 7) is -0.314. The van der Waals surface area contributed by atoms with Gasteiger partial charge in [-0.1, -0.05) is 18.5 Å². The summed E-state index contributed by atoms with van der Waals surface area (Å²) in [4.78, 5) is 23.3. The van der Waals surface area contributed by atoms with Gasteiger partial charge in [-0.15, -0.1) is 16.7 Å². The van der Waals surface area contributed by atoms with Gasteiger partial charge in [0.05, 0.1) is 0 Å². The third-order valence-corrected chi connectivity index (χ3v) is 4.72. The lowest BCUT2D eigenvalue weighted by Gasteiger charge is -2.20. The van der Waals surface area contributed by atoms with Crippen molar-refractivity contribution in [3.05, 3.63) is 44.8 Å². The number of alkyl halides is 3. The molecule has 0 aliphatic heterocycles. The molecular weight excluding hydrogens is 398 g/mol. The van der Waals surface area contributed by atoms with Crippen LogP contribution in [-0.4, -0.2) is 30.8 Å². The Morgan fingerprint density at radius 3 is 2.46 bits per heavy atom. The summed E-state index contributed by atoms with van der Waals surface area (Å²) in [5.41, 5.74) is -1.49. The van der Waals surface area contributed by atoms with Gasteiger partial charge in [0.25, 0.3) is 0 Å². The smallest absolute Gasteiger partial charge is 0.355 e. The average molecular weight is 412 g/mol. The monoisotopic (exact) mass is 411 g/mol. The molecule has 2 unspecified atom stereocenters. The summed E-state index contributed by atoms with van der Waals surface area (Å²) < 4.78 is 40.8. The number of aromatic nitrogens is 3. The first-order valence-electron chi connectivity index (χ1n) is 7.42. The molecule has 0 fully saturated rings. The zero-order valence-corrected chi connectivity index (χ0v) is 15.1. The van der Waals surface area contributed by atoms with Crippen LogP contribution in [0.15, 0.2) is 16.9 Å². The highest BCUT2D eigenvalue weighted by atomic mass is 35.5. The molecule has 1 heterocycles. The van der Waals surface area contributed by atoms with Crippen molar-refractivity contribution in [3.8, 4) is 5.69 Å². The number of halogens is 5. The van der Waals surface area contributed by atoms with Crippen LogP contribution in [0.1, 0.15) is 37.2 Å². The molecule has 2 atom stereocenters. The van der Waals surface area contributed by atoms with Crippen molar-refractivity contribution in [3.63, 3.8) is 0 Å². The minimum atomic E-state index is -3.14. The number of carboxylic acids is 1. The zero-order chi connectivity index (χ0) is 19.8. The Morgan fingerprint density at radius 2 is 2.00 bits per heavy atom. The molecule has 0 radical (unpaired) electrons. The van der Waals surface area contributed by atoms with E-state index in [-0.39, 0.29) is 27.4 Å². The summed E-state index contributed by atoms with van der Waals surface area (Å²) in [5, 5.41) is 11.3. The molecular formula is C15H14Cl2F3N3O3. The highest BCUT2D eigenvalue weighted by molar-refractivity contribution is 6.32. The Balaban J connectivity index is 2.68. The maximum atomic E-state index is 14.3. The quantitative estimate of drug-likeness (QED) is 0.734. The van der Waals surface area contributed by atoms with Crippen LogP contribution in [0.2, 0.25) is 5.02 Å². The number of benzene rings is 1. The number of carboxylic acid groups (broad SMARTS) is 1. The third-order valence-electron chi connectivity index (χ3n) is 3.90. The van der Waals surface area contributed by atoms with Crippen LogP contribution < -0.4 is 5.69 Å². The first-order chi connectivity index (χ1) is 12.1. The first kappa shape index (κ1) is 20.3. The van der Waals surface area contributed by atoms with Crippen molar-refractivity contribution in [2.45, 2.75) is 38.1 Å². The fraction of sp³-hybridized carbons (Fsp3) is 0.400. The van der Waals surface area contributed by atoms with E-state index in [1.165, 1.54) is 6.92 Å². The van der Waals surface area contributed by atoms with Gasteiger partial charge in [0.2, 0.25) is 0 Å². The standard InChI is InChI=1S/C15H14Cl2F3N3O3/c1-3-7(12(17)13(24)25)8-4-11(10(18)5-9(8)16)23-15(26)22(14(19)20)6(2)21-23/h4-5,7,12,14H,3H2,1-2H3,(H,24,25). The maximum absolute atomic E-state index is 14.3. The number of hydrogen-bond donors (Lipinski definition) is 1. The molecule has 0 saturated heterocycles. The Hall–Kier alpha value is -2.00. The van der Waals surface area contributed by atoms with Crippen LogP contribution in [0.5, 0.6) is 0 Å². The fourth-order valence-corrected chi connectivity index (χ4v) is 3.22. The van der Waals surface area contributed by atoms with E-state index < -0.39 is 41.0 Å². The minimum Gasteiger partial charge on any atom is -0.480 e. The molecule has 0 aliphatic carbocycles. The van der Waals surface area contributed by atoms with Gasteiger partial charge in [0.1, 0.15) is 16.9 Å². The molecule has 0 bridgehead atoms. The SMILES string of the molecule is CCC(c1cc(-n2nc(C)n(C(F)F)c2=O)c(F)cc1Cl)C(Cl)C(=O)O. The molecule has 0 aliphatic rings. The second kappa shape index (κ2) is 7.71. The predicted octanol–water partition coefficient (Wildman–Crippen LogP) is 3.72. The van der Waals surface area contributed by atoms with E-state index in [2.05, 4.69) is 5.10 Å². The van der Waals surface area contributed by atoms with Gasteiger partial charge in [0, 0.05) is 10.9 Å². The van der Waals surface area contributed by atoms with Gasteiger partial charge in [-0.05, 0) is 31.0 Å². The maximum Gasteiger partial charge on any atom is 0.355 e. The Morgan fingerprint density at radius 1 is 1.38 bits per heavy atom. The lowest BCUT2D eigenvalue weighted by molar-refractivity contribution is -0.137. The lowest BCUT2D eigenvalue weighted by Crippen LogP contribution is -2.26. The number of aliphatic carboxylic acids is 1. The summed E-state index contributed by atoms with van der Waals surface area (Å²) in [7, 11) is 0. The van der Waals surface area contributed by atoms with Crippen LogP contribution in [-0.2, 0) is 4.79 Å². The van der Waals surface area contributed by atoms with Gasteiger partial charge in [-0.2, -0.15) is 13.5 Å². The van der Waals surface area contributed by atoms with Crippen molar-refractivity contribution >= 4 is 29.2 Å². The minimum absolute atomic E-state index is 0.0944. The molecule has 2 rings (SSSR count). The fourth-order valence-electron chi connectivity index (χ4n) is 2.61. The van der Waals surface area contributed by atoms with E-state index in [4.69, 9.17) is 28.3 Å². The highest BCUT2D eigenvalue weighted by Gasteiger charge is 2.29. The van der Waals surface area contributed by atoms with E-state index in [0.717, 1.165) is 12.1 Å². The normalized spacial score (nSPS) is 13.8. The summed E-state index contributed by atoms with van der Waals surface area (Å²) in [6.07, 6.45) is 0.255. The van der Waals surface area contributed by atoms with Gasteiger partial charge < -0.3 is 5.11 Å². The number of carbonyl (C=O) groups is 1. The van der Waals surface area contributed by atoms with Crippen molar-refractivity contribution in [2.24, 2.45) is 0 Å². The van der Waals surface area contributed by atoms with Gasteiger partial charge in [-0.25, -0.2) is 13.8 Å². The average Bonchev–Trinajstić information content (AvgIpc) is 2.84. The summed E-state index contributed by atoms with van der Waals surface area (Å²) in [5.74, 6) is -3.38. The first-order valence-corrected chi connectivity index (χ1v) is 8.24. The van der Waals surface area contributed by atoms with E-state index in [0.29, 0.717) is 4.68 Å². The number of nitrogens with zero attached hydrogens (tertiary/aromatic N) is 3. The second-order valence-electron chi connectivity index (χ2n) is 5.47. The van der Waals surface area contributed by atoms with Gasteiger partial charge in [-0.3, -0.25) is 4.79 Å². The van der Waals surface area contributed by atoms with E-state index in [1.807, 2.05) is 0 Å². The van der Waals surface area contributed by atoms with E-state index >= 15 is 0 Å². The number of aryl methyl sites for hydroxylation is 1. The Bertz CT molecular complexity index is 898. The topological polar surface area (TPSA) is 77.1 Å². The molecule has 26 heavy (non-hydrogen) atoms. The Kier molecular flexibility index (Phi) is 6.02. The van der Waals surface area contributed by atoms with Crippen molar-refractivity contribution in [1.82, 2.24) is 14.3 Å². The van der Waals surface area contributed by atoms with Gasteiger partial charge in [0.15, 0.2) is 5.82 Å². The van der Waals surface area contributed by atoms with Crippen molar-refractivity contribution in [2.75, 3.05) is 0 Å². The van der Waals surface area contributed by atoms with Crippen LogP contribution in [0, 0.1) is 12.7 Å². The predicted molar refractivity (Wildman–Crippen MR) is 89.1 cm³/mol. The van der Waals surface area contributed by atoms with Crippen LogP contribution in [0.3, 0.4) is 0 Å². The molecule has 1 aromatic carbocycles. The van der Waals surface area contributed by atoms with Crippen LogP contribution >= 0.6 is 23.2 Å². The van der Waals surface area contributed by atoms with Crippen molar-refractivity contribution < 1.29 is 23.1 Å². The van der Waals surface area contributed by atoms with Gasteiger partial charge >= 0.3 is 18.2 Å². The third kappa shape index (κ3) is 3.59. The number of hydrogen-bond acceptors (Lipinski definition) is 3. The molecule has 1 N–H and O–H groups in total. The second-order valence-corrected chi connectivity index (χ2v) is 6.35. The molecule has 1 aromatic heterocycles. The lowest BCUT2D eigenvalue weighted by atomic mass is 9.92. The van der Waals surface area contributed by atoms with E-state index in [9.17, 15) is 22.8 Å². The molecule has 142 valence electrons. The van der Waals surface area contributed by atoms with Crippen LogP contribution in [0.25, 0.3) is 5.69 Å². The molecule has 11 heteroatoms. The molecule has 6 nitrogen and oxygen atoms in total. The van der Waals surface area contributed by atoms with Crippen molar-refractivity contribution in [1.29, 1.82) is 0 Å². The molecule has 2 aromatic rings. The molecule has 0 spiro atoms. The number of rotatable bonds is 6. The highest BCUT2D eigenvalue weighted by Crippen LogP contribution is 2.35. The van der Waals surface area contributed by atoms with Crippen LogP contribution in [0.4, 0.5) is 13.2 Å². The Labute approximate surface area is 155 Å². The molecule has 0 saturated carbocycles. The summed E-state index contributed by atoms with van der Waals surface area (Å²) >= 11 is 11.9.